The lowest BCUT2D eigenvalue weighted by molar-refractivity contribution is 0.397. The molecule has 0 saturated carbocycles. The van der Waals surface area contributed by atoms with Crippen LogP contribution in [-0.4, -0.2) is 14.2 Å². The molecule has 84 valence electrons. The van der Waals surface area contributed by atoms with Crippen molar-refractivity contribution in [2.24, 2.45) is 0 Å². The summed E-state index contributed by atoms with van der Waals surface area (Å²) < 4.78 is 6.67. The maximum atomic E-state index is 5.57. The Morgan fingerprint density at radius 2 is 1.81 bits per heavy atom. The van der Waals surface area contributed by atoms with E-state index in [4.69, 9.17) is 4.74 Å². The lowest BCUT2D eigenvalue weighted by Gasteiger charge is -2.02. The average molecular weight is 295 g/mol. The van der Waals surface area contributed by atoms with E-state index in [2.05, 4.69) is 59.2 Å². The van der Waals surface area contributed by atoms with Crippen molar-refractivity contribution in [2.75, 3.05) is 0 Å². The molecule has 0 unspecified atom stereocenters. The molecule has 1 aliphatic rings. The van der Waals surface area contributed by atoms with E-state index in [-0.39, 0.29) is 12.2 Å². The van der Waals surface area contributed by atoms with E-state index in [9.17, 15) is 0 Å². The minimum atomic E-state index is -1.27. The second kappa shape index (κ2) is 4.36. The second-order valence-electron chi connectivity index (χ2n) is 5.05. The molecule has 2 atom stereocenters. The number of hydrogen-bond donors (Lipinski definition) is 0. The van der Waals surface area contributed by atoms with Gasteiger partial charge in [-0.15, -0.1) is 5.54 Å². The highest BCUT2D eigenvalue weighted by Crippen LogP contribution is 2.38. The Morgan fingerprint density at radius 3 is 2.38 bits per heavy atom. The topological polar surface area (TPSA) is 12.5 Å². The zero-order valence-corrected chi connectivity index (χ0v) is 12.3. The summed E-state index contributed by atoms with van der Waals surface area (Å²) in [5.41, 5.74) is 4.57. The molecule has 1 aliphatic heterocycles. The molecule has 1 aromatic rings. The average Bonchev–Trinajstić information content (AvgIpc) is 2.94. The molecule has 0 aromatic heterocycles. The van der Waals surface area contributed by atoms with Gasteiger partial charge in [0.15, 0.2) is 0 Å². The maximum Gasteiger partial charge on any atom is 0.148 e. The van der Waals surface area contributed by atoms with Gasteiger partial charge in [0, 0.05) is 4.47 Å². The quantitative estimate of drug-likeness (QED) is 0.436. The van der Waals surface area contributed by atoms with E-state index in [1.54, 1.807) is 0 Å². The van der Waals surface area contributed by atoms with Crippen molar-refractivity contribution in [1.29, 1.82) is 0 Å². The van der Waals surface area contributed by atoms with Crippen molar-refractivity contribution in [2.45, 2.75) is 31.8 Å². The van der Waals surface area contributed by atoms with Crippen LogP contribution >= 0.6 is 15.9 Å². The first-order chi connectivity index (χ1) is 7.46. The van der Waals surface area contributed by atoms with Gasteiger partial charge >= 0.3 is 0 Å². The Kier molecular flexibility index (Phi) is 3.25. The van der Waals surface area contributed by atoms with Crippen LogP contribution in [0.5, 0.6) is 0 Å². The molecule has 2 rings (SSSR count). The predicted octanol–water partition coefficient (Wildman–Crippen LogP) is 3.77. The van der Waals surface area contributed by atoms with Gasteiger partial charge in [-0.1, -0.05) is 53.6 Å². The molecule has 0 amide bonds. The Morgan fingerprint density at radius 1 is 1.19 bits per heavy atom. The van der Waals surface area contributed by atoms with Crippen molar-refractivity contribution in [3.63, 3.8) is 0 Å². The van der Waals surface area contributed by atoms with Crippen molar-refractivity contribution in [3.8, 4) is 11.5 Å². The molecular weight excluding hydrogens is 280 g/mol. The number of halogens is 1. The number of hydrogen-bond acceptors (Lipinski definition) is 1. The molecular formula is C13H15BrOSi. The first kappa shape index (κ1) is 11.9. The monoisotopic (exact) mass is 294 g/mol. The van der Waals surface area contributed by atoms with Gasteiger partial charge in [-0.3, -0.25) is 0 Å². The van der Waals surface area contributed by atoms with E-state index < -0.39 is 8.07 Å². The van der Waals surface area contributed by atoms with Gasteiger partial charge in [-0.2, -0.15) is 0 Å². The van der Waals surface area contributed by atoms with Gasteiger partial charge in [-0.25, -0.2) is 0 Å². The SMILES string of the molecule is C[Si](C)(C)C#C[C@H]1O[C@H]1c1ccc(Br)cc1. The van der Waals surface area contributed by atoms with Crippen LogP contribution < -0.4 is 0 Å². The fourth-order valence-electron chi connectivity index (χ4n) is 1.42. The Labute approximate surface area is 106 Å². The Hall–Kier alpha value is -0.563. The number of rotatable bonds is 1. The molecule has 1 saturated heterocycles. The van der Waals surface area contributed by atoms with Crippen molar-refractivity contribution in [3.05, 3.63) is 34.3 Å². The molecule has 0 radical (unpaired) electrons. The van der Waals surface area contributed by atoms with Crippen LogP contribution in [0.2, 0.25) is 19.6 Å². The molecule has 1 aromatic carbocycles. The van der Waals surface area contributed by atoms with E-state index in [0.29, 0.717) is 0 Å². The number of ether oxygens (including phenoxy) is 1. The second-order valence-corrected chi connectivity index (χ2v) is 10.7. The predicted molar refractivity (Wildman–Crippen MR) is 72.9 cm³/mol. The van der Waals surface area contributed by atoms with Crippen LogP contribution in [0.25, 0.3) is 0 Å². The van der Waals surface area contributed by atoms with E-state index in [0.717, 1.165) is 4.47 Å². The molecule has 16 heavy (non-hydrogen) atoms. The van der Waals surface area contributed by atoms with Crippen molar-refractivity contribution < 1.29 is 4.74 Å². The van der Waals surface area contributed by atoms with E-state index >= 15 is 0 Å². The maximum absolute atomic E-state index is 5.57. The summed E-state index contributed by atoms with van der Waals surface area (Å²) >= 11 is 3.42. The lowest BCUT2D eigenvalue weighted by atomic mass is 10.1. The summed E-state index contributed by atoms with van der Waals surface area (Å²) in [6.07, 6.45) is 0.310. The van der Waals surface area contributed by atoms with E-state index in [1.807, 2.05) is 12.1 Å². The zero-order chi connectivity index (χ0) is 11.8. The highest BCUT2D eigenvalue weighted by atomic mass is 79.9. The van der Waals surface area contributed by atoms with Crippen molar-refractivity contribution >= 4 is 24.0 Å². The summed E-state index contributed by atoms with van der Waals surface area (Å²) in [5.74, 6) is 3.24. The minimum Gasteiger partial charge on any atom is -0.351 e. The van der Waals surface area contributed by atoms with Crippen LogP contribution in [0, 0.1) is 11.5 Å². The van der Waals surface area contributed by atoms with Crippen molar-refractivity contribution in [1.82, 2.24) is 0 Å². The van der Waals surface area contributed by atoms with Gasteiger partial charge in [0.1, 0.15) is 20.3 Å². The normalized spacial score (nSPS) is 23.5. The van der Waals surface area contributed by atoms with Crippen LogP contribution in [0.3, 0.4) is 0 Å². The fraction of sp³-hybridized carbons (Fsp3) is 0.385. The molecule has 1 heterocycles. The lowest BCUT2D eigenvalue weighted by Crippen LogP contribution is -2.16. The Bertz CT molecular complexity index is 436. The standard InChI is InChI=1S/C13H15BrOSi/c1-16(2,3)9-8-12-13(15-12)10-4-6-11(14)7-5-10/h4-7,12-13H,1-3H3/t12-,13+/m1/s1. The third-order valence-corrected chi connectivity index (χ3v) is 3.70. The summed E-state index contributed by atoms with van der Waals surface area (Å²) in [7, 11) is -1.27. The minimum absolute atomic E-state index is 0.118. The molecule has 3 heteroatoms. The molecule has 0 spiro atoms. The number of benzene rings is 1. The highest BCUT2D eigenvalue weighted by Gasteiger charge is 2.38. The van der Waals surface area contributed by atoms with Crippen LogP contribution in [0.1, 0.15) is 11.7 Å². The molecule has 0 aliphatic carbocycles. The Balaban J connectivity index is 2.01. The molecule has 0 N–H and O–H groups in total. The van der Waals surface area contributed by atoms with Gasteiger partial charge < -0.3 is 4.74 Å². The molecule has 1 nitrogen and oxygen atoms in total. The first-order valence-corrected chi connectivity index (χ1v) is 9.69. The summed E-state index contributed by atoms with van der Waals surface area (Å²) in [6, 6.07) is 8.26. The highest BCUT2D eigenvalue weighted by molar-refractivity contribution is 9.10. The fourth-order valence-corrected chi connectivity index (χ4v) is 2.26. The molecule has 1 fully saturated rings. The summed E-state index contributed by atoms with van der Waals surface area (Å²) in [4.78, 5) is 0. The largest absolute Gasteiger partial charge is 0.351 e. The summed E-state index contributed by atoms with van der Waals surface area (Å²) in [5, 5.41) is 0. The first-order valence-electron chi connectivity index (χ1n) is 5.39. The zero-order valence-electron chi connectivity index (χ0n) is 9.75. The van der Waals surface area contributed by atoms with Gasteiger partial charge in [-0.05, 0) is 17.7 Å². The van der Waals surface area contributed by atoms with Crippen LogP contribution in [-0.2, 0) is 4.74 Å². The number of epoxide rings is 1. The van der Waals surface area contributed by atoms with Gasteiger partial charge in [0.05, 0.1) is 0 Å². The van der Waals surface area contributed by atoms with Crippen LogP contribution in [0.15, 0.2) is 28.7 Å². The third kappa shape index (κ3) is 3.21. The van der Waals surface area contributed by atoms with Gasteiger partial charge in [0.2, 0.25) is 0 Å². The third-order valence-electron chi connectivity index (χ3n) is 2.28. The summed E-state index contributed by atoms with van der Waals surface area (Å²) in [6.45, 7) is 6.74. The smallest absolute Gasteiger partial charge is 0.148 e. The van der Waals surface area contributed by atoms with Gasteiger partial charge in [0.25, 0.3) is 0 Å². The van der Waals surface area contributed by atoms with E-state index in [1.165, 1.54) is 5.56 Å². The van der Waals surface area contributed by atoms with Crippen LogP contribution in [0.4, 0.5) is 0 Å². The molecule has 0 bridgehead atoms.